The smallest absolute Gasteiger partial charge is 0.338 e. The monoisotopic (exact) mass is 509 g/mol. The van der Waals surface area contributed by atoms with Crippen molar-refractivity contribution in [1.29, 1.82) is 0 Å². The number of esters is 1. The lowest BCUT2D eigenvalue weighted by molar-refractivity contribution is -0.136. The Hall–Kier alpha value is -3.30. The summed E-state index contributed by atoms with van der Waals surface area (Å²) in [5.74, 6) is -0.894. The summed E-state index contributed by atoms with van der Waals surface area (Å²) < 4.78 is 7.56. The Labute approximate surface area is 194 Å². The zero-order valence-corrected chi connectivity index (χ0v) is 19.4. The van der Waals surface area contributed by atoms with Crippen molar-refractivity contribution in [2.24, 2.45) is 4.99 Å². The third-order valence-electron chi connectivity index (χ3n) is 5.47. The fourth-order valence-electron chi connectivity index (χ4n) is 4.06. The van der Waals surface area contributed by atoms with Gasteiger partial charge in [-0.05, 0) is 30.7 Å². The molecule has 0 bridgehead atoms. The van der Waals surface area contributed by atoms with E-state index in [4.69, 9.17) is 4.74 Å². The van der Waals surface area contributed by atoms with Gasteiger partial charge in [0.1, 0.15) is 4.53 Å². The number of rotatable bonds is 2. The number of methoxy groups -OCH3 is 1. The third kappa shape index (κ3) is 3.08. The fraction of sp³-hybridized carbons (Fsp3) is 0.130. The van der Waals surface area contributed by atoms with Crippen molar-refractivity contribution in [1.82, 2.24) is 4.57 Å². The quantitative estimate of drug-likeness (QED) is 0.537. The van der Waals surface area contributed by atoms with Gasteiger partial charge in [-0.3, -0.25) is 14.2 Å². The number of thiazole rings is 1. The van der Waals surface area contributed by atoms with Gasteiger partial charge in [0.15, 0.2) is 4.80 Å². The van der Waals surface area contributed by atoms with Gasteiger partial charge < -0.3 is 10.1 Å². The van der Waals surface area contributed by atoms with E-state index < -0.39 is 12.0 Å². The number of benzene rings is 2. The molecule has 2 aliphatic heterocycles. The van der Waals surface area contributed by atoms with Gasteiger partial charge in [0.05, 0.1) is 30.0 Å². The first-order valence-corrected chi connectivity index (χ1v) is 11.3. The van der Waals surface area contributed by atoms with Crippen molar-refractivity contribution < 1.29 is 14.3 Å². The largest absolute Gasteiger partial charge is 0.466 e. The van der Waals surface area contributed by atoms with Crippen LogP contribution in [0, 0.1) is 0 Å². The summed E-state index contributed by atoms with van der Waals surface area (Å²) in [5.41, 5.74) is 2.73. The van der Waals surface area contributed by atoms with Crippen LogP contribution < -0.4 is 20.2 Å². The van der Waals surface area contributed by atoms with Gasteiger partial charge in [-0.2, -0.15) is 0 Å². The normalized spacial score (nSPS) is 18.6. The first-order valence-electron chi connectivity index (χ1n) is 9.70. The van der Waals surface area contributed by atoms with Crippen molar-refractivity contribution in [2.45, 2.75) is 13.0 Å². The molecule has 9 heteroatoms. The lowest BCUT2D eigenvalue weighted by Crippen LogP contribution is -2.40. The Morgan fingerprint density at radius 2 is 1.94 bits per heavy atom. The van der Waals surface area contributed by atoms with Crippen LogP contribution >= 0.6 is 27.3 Å². The van der Waals surface area contributed by atoms with Crippen LogP contribution in [0.15, 0.2) is 74.1 Å². The number of nitrogens with zero attached hydrogens (tertiary/aromatic N) is 2. The van der Waals surface area contributed by atoms with E-state index in [1.807, 2.05) is 36.4 Å². The number of hydrogen-bond acceptors (Lipinski definition) is 6. The number of fused-ring (bicyclic) bond motifs is 2. The zero-order chi connectivity index (χ0) is 22.6. The Balaban J connectivity index is 1.85. The molecule has 0 saturated carbocycles. The number of hydrogen-bond donors (Lipinski definition) is 1. The summed E-state index contributed by atoms with van der Waals surface area (Å²) in [6.45, 7) is 1.72. The van der Waals surface area contributed by atoms with Crippen LogP contribution in [0.4, 0.5) is 5.69 Å². The van der Waals surface area contributed by atoms with Crippen molar-refractivity contribution in [3.63, 3.8) is 0 Å². The molecule has 1 aromatic heterocycles. The molecule has 1 amide bonds. The number of amides is 1. The molecule has 0 unspecified atom stereocenters. The van der Waals surface area contributed by atoms with Gasteiger partial charge in [0.25, 0.3) is 11.5 Å². The number of anilines is 1. The second-order valence-electron chi connectivity index (χ2n) is 7.32. The molecular weight excluding hydrogens is 494 g/mol. The topological polar surface area (TPSA) is 89.8 Å². The third-order valence-corrected chi connectivity index (χ3v) is 7.02. The van der Waals surface area contributed by atoms with E-state index in [1.54, 1.807) is 19.1 Å². The molecule has 3 aromatic rings. The molecule has 0 aliphatic carbocycles. The lowest BCUT2D eigenvalue weighted by Gasteiger charge is -2.24. The van der Waals surface area contributed by atoms with E-state index in [9.17, 15) is 14.4 Å². The minimum Gasteiger partial charge on any atom is -0.466 e. The molecule has 1 atom stereocenters. The number of halogens is 1. The minimum absolute atomic E-state index is 0.276. The molecule has 2 aromatic carbocycles. The highest BCUT2D eigenvalue weighted by molar-refractivity contribution is 9.10. The van der Waals surface area contributed by atoms with Crippen LogP contribution in [0.1, 0.15) is 24.1 Å². The van der Waals surface area contributed by atoms with E-state index in [1.165, 1.54) is 11.7 Å². The summed E-state index contributed by atoms with van der Waals surface area (Å²) in [6, 6.07) is 14.0. The Morgan fingerprint density at radius 3 is 2.66 bits per heavy atom. The highest BCUT2D eigenvalue weighted by Gasteiger charge is 2.34. The maximum atomic E-state index is 13.7. The second-order valence-corrected chi connectivity index (χ2v) is 9.22. The molecule has 3 heterocycles. The molecule has 0 saturated heterocycles. The van der Waals surface area contributed by atoms with Gasteiger partial charge in [-0.25, -0.2) is 9.79 Å². The minimum atomic E-state index is -0.708. The van der Waals surface area contributed by atoms with Crippen molar-refractivity contribution in [2.75, 3.05) is 12.4 Å². The summed E-state index contributed by atoms with van der Waals surface area (Å²) in [6.07, 6.45) is 0. The predicted octanol–water partition coefficient (Wildman–Crippen LogP) is 2.49. The molecule has 160 valence electrons. The van der Waals surface area contributed by atoms with E-state index in [0.717, 1.165) is 21.4 Å². The summed E-state index contributed by atoms with van der Waals surface area (Å²) in [5, 5.41) is 2.82. The van der Waals surface area contributed by atoms with Gasteiger partial charge >= 0.3 is 5.97 Å². The first-order chi connectivity index (χ1) is 15.4. The average Bonchev–Trinajstić information content (AvgIpc) is 3.27. The van der Waals surface area contributed by atoms with Crippen LogP contribution in [0.5, 0.6) is 0 Å². The molecular formula is C23H16BrN3O4S. The number of aromatic nitrogens is 1. The van der Waals surface area contributed by atoms with Gasteiger partial charge in [0, 0.05) is 15.7 Å². The van der Waals surface area contributed by atoms with Crippen molar-refractivity contribution in [3.8, 4) is 0 Å². The highest BCUT2D eigenvalue weighted by Crippen LogP contribution is 2.33. The molecule has 2 aliphatic rings. The number of carbonyl (C=O) groups is 2. The number of ether oxygens (including phenoxy) is 1. The average molecular weight is 510 g/mol. The Kier molecular flexibility index (Phi) is 4.94. The van der Waals surface area contributed by atoms with Crippen LogP contribution in [-0.4, -0.2) is 23.6 Å². The van der Waals surface area contributed by atoms with E-state index in [2.05, 4.69) is 26.2 Å². The summed E-state index contributed by atoms with van der Waals surface area (Å²) >= 11 is 4.57. The molecule has 0 spiro atoms. The number of nitrogens with one attached hydrogen (secondary N) is 1. The van der Waals surface area contributed by atoms with Crippen molar-refractivity contribution >= 4 is 50.4 Å². The zero-order valence-electron chi connectivity index (χ0n) is 17.0. The van der Waals surface area contributed by atoms with Crippen LogP contribution in [0.3, 0.4) is 0 Å². The van der Waals surface area contributed by atoms with E-state index >= 15 is 0 Å². The standard InChI is InChI=1S/C23H16BrN3O4S/c1-11-16(22(30)31-2)18(12-6-4-3-5-7-12)27-21(29)19(32-23(27)25-11)17-14-10-13(24)8-9-15(14)26-20(17)28/h3-10,18H,1-2H3,(H,26,28)/b19-17-/t18-/m1/s1. The van der Waals surface area contributed by atoms with Crippen LogP contribution in [0.25, 0.3) is 5.57 Å². The van der Waals surface area contributed by atoms with Crippen LogP contribution in [-0.2, 0) is 14.3 Å². The van der Waals surface area contributed by atoms with Gasteiger partial charge in [0.2, 0.25) is 0 Å². The Morgan fingerprint density at radius 1 is 1.19 bits per heavy atom. The second kappa shape index (κ2) is 7.68. The van der Waals surface area contributed by atoms with Gasteiger partial charge in [-0.15, -0.1) is 0 Å². The number of allylic oxidation sites excluding steroid dienone is 1. The fourth-order valence-corrected chi connectivity index (χ4v) is 5.56. The maximum absolute atomic E-state index is 13.7. The first kappa shape index (κ1) is 20.6. The summed E-state index contributed by atoms with van der Waals surface area (Å²) in [7, 11) is 1.30. The van der Waals surface area contributed by atoms with Gasteiger partial charge in [-0.1, -0.05) is 57.6 Å². The molecule has 0 radical (unpaired) electrons. The lowest BCUT2D eigenvalue weighted by atomic mass is 9.96. The maximum Gasteiger partial charge on any atom is 0.338 e. The predicted molar refractivity (Wildman–Crippen MR) is 124 cm³/mol. The molecule has 5 rings (SSSR count). The van der Waals surface area contributed by atoms with E-state index in [-0.39, 0.29) is 16.0 Å². The molecule has 7 nitrogen and oxygen atoms in total. The summed E-state index contributed by atoms with van der Waals surface area (Å²) in [4.78, 5) is 44.2. The Bertz CT molecular complexity index is 1520. The molecule has 1 N–H and O–H groups in total. The number of carbonyl (C=O) groups excluding carboxylic acids is 2. The molecule has 0 fully saturated rings. The van der Waals surface area contributed by atoms with Crippen molar-refractivity contribution in [3.05, 3.63) is 95.1 Å². The van der Waals surface area contributed by atoms with E-state index in [0.29, 0.717) is 32.9 Å². The van der Waals surface area contributed by atoms with Crippen LogP contribution in [0.2, 0.25) is 0 Å². The SMILES string of the molecule is COC(=O)C1=C(C)N=c2s/c(=C3\C(=O)Nc4ccc(Br)cc43)c(=O)n2[C@@H]1c1ccccc1. The molecule has 32 heavy (non-hydrogen) atoms. The highest BCUT2D eigenvalue weighted by atomic mass is 79.9.